The van der Waals surface area contributed by atoms with Crippen molar-refractivity contribution >= 4 is 10.9 Å². The summed E-state index contributed by atoms with van der Waals surface area (Å²) in [5, 5.41) is 10.4. The lowest BCUT2D eigenvalue weighted by molar-refractivity contribution is 0.499. The molecule has 1 aromatic heterocycles. The van der Waals surface area contributed by atoms with E-state index in [4.69, 9.17) is 5.26 Å². The van der Waals surface area contributed by atoms with Gasteiger partial charge in [0.05, 0.1) is 12.5 Å². The number of aryl methyl sites for hydroxylation is 3. The van der Waals surface area contributed by atoms with Gasteiger partial charge in [0, 0.05) is 16.6 Å². The third-order valence-electron chi connectivity index (χ3n) is 4.54. The fraction of sp³-hybridized carbons (Fsp3) is 0.471. The molecule has 0 amide bonds. The molecule has 0 saturated heterocycles. The highest BCUT2D eigenvalue weighted by Crippen LogP contribution is 2.35. The van der Waals surface area contributed by atoms with Crippen LogP contribution >= 0.6 is 0 Å². The summed E-state index contributed by atoms with van der Waals surface area (Å²) in [6, 6.07) is 4.47. The second-order valence-electron chi connectivity index (χ2n) is 5.99. The summed E-state index contributed by atoms with van der Waals surface area (Å²) in [5.74, 6) is 0.782. The van der Waals surface area contributed by atoms with Crippen LogP contribution in [0.2, 0.25) is 0 Å². The molecule has 0 bridgehead atoms. The first-order valence-electron chi connectivity index (χ1n) is 7.11. The molecule has 2 aromatic rings. The van der Waals surface area contributed by atoms with Crippen molar-refractivity contribution < 1.29 is 0 Å². The van der Waals surface area contributed by atoms with Gasteiger partial charge in [0.1, 0.15) is 0 Å². The molecule has 1 aromatic carbocycles. The third kappa shape index (κ3) is 1.85. The van der Waals surface area contributed by atoms with E-state index >= 15 is 0 Å². The molecule has 0 saturated carbocycles. The minimum atomic E-state index is 0.503. The van der Waals surface area contributed by atoms with Crippen molar-refractivity contribution in [2.24, 2.45) is 5.92 Å². The van der Waals surface area contributed by atoms with Gasteiger partial charge >= 0.3 is 0 Å². The molecular formula is C17H20N2. The van der Waals surface area contributed by atoms with Crippen molar-refractivity contribution in [1.82, 2.24) is 4.98 Å². The Labute approximate surface area is 114 Å². The number of H-pyrrole nitrogens is 1. The summed E-state index contributed by atoms with van der Waals surface area (Å²) in [5.41, 5.74) is 7.96. The maximum Gasteiger partial charge on any atom is 0.0669 e. The third-order valence-corrected chi connectivity index (χ3v) is 4.54. The van der Waals surface area contributed by atoms with Crippen molar-refractivity contribution in [2.75, 3.05) is 0 Å². The summed E-state index contributed by atoms with van der Waals surface area (Å²) in [6.07, 6.45) is 4.14. The number of hydrogen-bond donors (Lipinski definition) is 1. The molecule has 2 nitrogen and oxygen atoms in total. The summed E-state index contributed by atoms with van der Waals surface area (Å²) in [6.45, 7) is 6.66. The number of fused-ring (bicyclic) bond motifs is 3. The molecule has 0 fully saturated rings. The van der Waals surface area contributed by atoms with Crippen molar-refractivity contribution in [1.29, 1.82) is 5.26 Å². The zero-order valence-corrected chi connectivity index (χ0v) is 11.9. The summed E-state index contributed by atoms with van der Waals surface area (Å²) >= 11 is 0. The second kappa shape index (κ2) is 4.42. The van der Waals surface area contributed by atoms with Crippen LogP contribution in [0.4, 0.5) is 0 Å². The van der Waals surface area contributed by atoms with Crippen LogP contribution in [0.15, 0.2) is 6.07 Å². The summed E-state index contributed by atoms with van der Waals surface area (Å²) < 4.78 is 0. The molecule has 1 aliphatic carbocycles. The number of benzene rings is 1. The first kappa shape index (κ1) is 12.3. The van der Waals surface area contributed by atoms with Crippen LogP contribution in [0, 0.1) is 31.1 Å². The van der Waals surface area contributed by atoms with Gasteiger partial charge in [-0.15, -0.1) is 0 Å². The first-order valence-corrected chi connectivity index (χ1v) is 7.11. The normalized spacial score (nSPS) is 18.3. The van der Waals surface area contributed by atoms with Crippen LogP contribution in [0.3, 0.4) is 0 Å². The molecule has 1 atom stereocenters. The minimum Gasteiger partial charge on any atom is -0.358 e. The lowest BCUT2D eigenvalue weighted by Gasteiger charge is -2.18. The monoisotopic (exact) mass is 252 g/mol. The molecule has 0 unspecified atom stereocenters. The topological polar surface area (TPSA) is 39.6 Å². The fourth-order valence-electron chi connectivity index (χ4n) is 3.46. The number of hydrogen-bond acceptors (Lipinski definition) is 1. The van der Waals surface area contributed by atoms with Crippen LogP contribution in [0.5, 0.6) is 0 Å². The smallest absolute Gasteiger partial charge is 0.0669 e. The summed E-state index contributed by atoms with van der Waals surface area (Å²) in [4.78, 5) is 3.64. The molecule has 2 heteroatoms. The Morgan fingerprint density at radius 3 is 2.95 bits per heavy atom. The van der Waals surface area contributed by atoms with E-state index in [-0.39, 0.29) is 0 Å². The maximum absolute atomic E-state index is 8.94. The summed E-state index contributed by atoms with van der Waals surface area (Å²) in [7, 11) is 0. The van der Waals surface area contributed by atoms with Crippen LogP contribution in [0.25, 0.3) is 10.9 Å². The largest absolute Gasteiger partial charge is 0.358 e. The van der Waals surface area contributed by atoms with Gasteiger partial charge in [0.2, 0.25) is 0 Å². The molecular weight excluding hydrogens is 232 g/mol. The Bertz CT molecular complexity index is 686. The van der Waals surface area contributed by atoms with Crippen molar-refractivity contribution in [2.45, 2.75) is 46.5 Å². The average molecular weight is 252 g/mol. The van der Waals surface area contributed by atoms with E-state index in [2.05, 4.69) is 37.9 Å². The predicted octanol–water partition coefficient (Wildman–Crippen LogP) is 3.98. The molecule has 98 valence electrons. The van der Waals surface area contributed by atoms with Gasteiger partial charge in [0.25, 0.3) is 0 Å². The molecule has 0 radical (unpaired) electrons. The number of aromatic amines is 1. The minimum absolute atomic E-state index is 0.503. The standard InChI is InChI=1S/C17H20N2/c1-10-4-5-15-14(8-10)16-11(2)9-13(6-7-18)12(3)17(16)19-15/h9-10,19H,4-6,8H2,1-3H3/t10-/m1/s1. The Balaban J connectivity index is 2.28. The van der Waals surface area contributed by atoms with Gasteiger partial charge in [-0.1, -0.05) is 13.0 Å². The first-order chi connectivity index (χ1) is 9.11. The number of nitrogens with zero attached hydrogens (tertiary/aromatic N) is 1. The van der Waals surface area contributed by atoms with Crippen molar-refractivity contribution in [3.05, 3.63) is 34.0 Å². The SMILES string of the molecule is Cc1c(CC#N)cc(C)c2c3c([nH]c12)CC[C@@H](C)C3. The van der Waals surface area contributed by atoms with Crippen LogP contribution in [0.1, 0.15) is 41.3 Å². The van der Waals surface area contributed by atoms with E-state index in [1.807, 2.05) is 0 Å². The maximum atomic E-state index is 8.94. The van der Waals surface area contributed by atoms with E-state index in [0.717, 1.165) is 12.3 Å². The average Bonchev–Trinajstić information content (AvgIpc) is 2.75. The van der Waals surface area contributed by atoms with E-state index in [1.54, 1.807) is 0 Å². The van der Waals surface area contributed by atoms with E-state index in [1.165, 1.54) is 51.7 Å². The number of rotatable bonds is 1. The molecule has 19 heavy (non-hydrogen) atoms. The second-order valence-corrected chi connectivity index (χ2v) is 5.99. The van der Waals surface area contributed by atoms with Gasteiger partial charge in [-0.2, -0.15) is 5.26 Å². The van der Waals surface area contributed by atoms with Gasteiger partial charge in [0.15, 0.2) is 0 Å². The Kier molecular flexibility index (Phi) is 2.86. The Morgan fingerprint density at radius 1 is 1.42 bits per heavy atom. The molecule has 1 heterocycles. The van der Waals surface area contributed by atoms with E-state index in [0.29, 0.717) is 6.42 Å². The highest BCUT2D eigenvalue weighted by atomic mass is 14.7. The van der Waals surface area contributed by atoms with Crippen LogP contribution in [-0.2, 0) is 19.3 Å². The zero-order valence-electron chi connectivity index (χ0n) is 11.9. The van der Waals surface area contributed by atoms with Gasteiger partial charge in [-0.3, -0.25) is 0 Å². The lowest BCUT2D eigenvalue weighted by atomic mass is 9.86. The van der Waals surface area contributed by atoms with E-state index < -0.39 is 0 Å². The van der Waals surface area contributed by atoms with Gasteiger partial charge in [-0.25, -0.2) is 0 Å². The molecule has 3 rings (SSSR count). The molecule has 0 aliphatic heterocycles. The lowest BCUT2D eigenvalue weighted by Crippen LogP contribution is -2.10. The molecule has 1 aliphatic rings. The van der Waals surface area contributed by atoms with Crippen molar-refractivity contribution in [3.8, 4) is 6.07 Å². The predicted molar refractivity (Wildman–Crippen MR) is 78.3 cm³/mol. The number of nitriles is 1. The highest BCUT2D eigenvalue weighted by molar-refractivity contribution is 5.91. The number of aromatic nitrogens is 1. The highest BCUT2D eigenvalue weighted by Gasteiger charge is 2.22. The number of nitrogens with one attached hydrogen (secondary N) is 1. The quantitative estimate of drug-likeness (QED) is 0.819. The Hall–Kier alpha value is -1.75. The molecule has 0 spiro atoms. The molecule has 1 N–H and O–H groups in total. The zero-order chi connectivity index (χ0) is 13.6. The van der Waals surface area contributed by atoms with E-state index in [9.17, 15) is 0 Å². The van der Waals surface area contributed by atoms with Crippen LogP contribution < -0.4 is 0 Å². The van der Waals surface area contributed by atoms with Gasteiger partial charge in [-0.05, 0) is 61.3 Å². The fourth-order valence-corrected chi connectivity index (χ4v) is 3.46. The Morgan fingerprint density at radius 2 is 2.21 bits per heavy atom. The van der Waals surface area contributed by atoms with Crippen LogP contribution in [-0.4, -0.2) is 4.98 Å². The van der Waals surface area contributed by atoms with Gasteiger partial charge < -0.3 is 4.98 Å². The van der Waals surface area contributed by atoms with Crippen molar-refractivity contribution in [3.63, 3.8) is 0 Å².